The van der Waals surface area contributed by atoms with E-state index >= 15 is 0 Å². The predicted molar refractivity (Wildman–Crippen MR) is 98.4 cm³/mol. The van der Waals surface area contributed by atoms with Crippen molar-refractivity contribution in [3.05, 3.63) is 27.9 Å². The SMILES string of the molecule is Brc1nc(Br)n(CC#CCn2c(Br)nc(Br)c2Br)c1Br. The van der Waals surface area contributed by atoms with Crippen molar-refractivity contribution < 1.29 is 0 Å². The van der Waals surface area contributed by atoms with Crippen LogP contribution in [0.1, 0.15) is 0 Å². The minimum Gasteiger partial charge on any atom is -0.300 e. The van der Waals surface area contributed by atoms with Gasteiger partial charge >= 0.3 is 0 Å². The monoisotopic (exact) mass is 654 g/mol. The van der Waals surface area contributed by atoms with Crippen molar-refractivity contribution >= 4 is 95.6 Å². The van der Waals surface area contributed by atoms with Crippen LogP contribution < -0.4 is 0 Å². The number of nitrogens with zero attached hydrogens (tertiary/aromatic N) is 4. The fraction of sp³-hybridized carbons (Fsp3) is 0.200. The minimum atomic E-state index is 0.533. The molecule has 0 radical (unpaired) electrons. The van der Waals surface area contributed by atoms with Crippen molar-refractivity contribution in [1.82, 2.24) is 19.1 Å². The Bertz CT molecular complexity index is 649. The summed E-state index contributed by atoms with van der Waals surface area (Å²) < 4.78 is 8.45. The number of aromatic nitrogens is 4. The van der Waals surface area contributed by atoms with Gasteiger partial charge in [-0.15, -0.1) is 0 Å². The smallest absolute Gasteiger partial charge is 0.179 e. The van der Waals surface area contributed by atoms with E-state index in [4.69, 9.17) is 0 Å². The lowest BCUT2D eigenvalue weighted by atomic mass is 10.5. The Kier molecular flexibility index (Phi) is 6.39. The number of rotatable bonds is 2. The second-order valence-corrected chi connectivity index (χ2v) is 7.87. The summed E-state index contributed by atoms with van der Waals surface area (Å²) in [7, 11) is 0. The van der Waals surface area contributed by atoms with Crippen LogP contribution in [0.2, 0.25) is 0 Å². The van der Waals surface area contributed by atoms with E-state index < -0.39 is 0 Å². The summed E-state index contributed by atoms with van der Waals surface area (Å²) in [5.41, 5.74) is 0. The van der Waals surface area contributed by atoms with Crippen molar-refractivity contribution in [1.29, 1.82) is 0 Å². The van der Waals surface area contributed by atoms with E-state index in [1.165, 1.54) is 0 Å². The molecular formula is C10H4Br6N4. The molecule has 0 saturated carbocycles. The summed E-state index contributed by atoms with van der Waals surface area (Å²) in [6, 6.07) is 0. The van der Waals surface area contributed by atoms with E-state index in [0.29, 0.717) is 13.1 Å². The van der Waals surface area contributed by atoms with E-state index in [0.717, 1.165) is 27.9 Å². The second kappa shape index (κ2) is 7.42. The van der Waals surface area contributed by atoms with Gasteiger partial charge in [0.1, 0.15) is 18.4 Å². The zero-order chi connectivity index (χ0) is 14.9. The van der Waals surface area contributed by atoms with Crippen molar-refractivity contribution in [2.45, 2.75) is 13.1 Å². The maximum Gasteiger partial charge on any atom is 0.179 e. The van der Waals surface area contributed by atoms with Crippen LogP contribution in [0.4, 0.5) is 0 Å². The largest absolute Gasteiger partial charge is 0.300 e. The summed E-state index contributed by atoms with van der Waals surface area (Å²) in [5, 5.41) is 0. The van der Waals surface area contributed by atoms with Crippen LogP contribution in [0, 0.1) is 11.8 Å². The molecule has 0 spiro atoms. The molecule has 20 heavy (non-hydrogen) atoms. The zero-order valence-electron chi connectivity index (χ0n) is 9.47. The molecule has 0 amide bonds. The van der Waals surface area contributed by atoms with Crippen LogP contribution in [0.25, 0.3) is 0 Å². The van der Waals surface area contributed by atoms with Gasteiger partial charge in [-0.05, 0) is 95.6 Å². The van der Waals surface area contributed by atoms with Crippen LogP contribution >= 0.6 is 95.6 Å². The van der Waals surface area contributed by atoms with Gasteiger partial charge in [-0.3, -0.25) is 0 Å². The van der Waals surface area contributed by atoms with Crippen LogP contribution in [-0.2, 0) is 13.1 Å². The molecule has 0 unspecified atom stereocenters. The first-order valence-electron chi connectivity index (χ1n) is 5.01. The number of halogens is 6. The first-order valence-corrected chi connectivity index (χ1v) is 9.77. The number of hydrogen-bond donors (Lipinski definition) is 0. The Hall–Kier alpha value is 0.860. The molecule has 0 aromatic carbocycles. The van der Waals surface area contributed by atoms with Gasteiger partial charge in [0, 0.05) is 0 Å². The fourth-order valence-electron chi connectivity index (χ4n) is 1.30. The molecule has 0 aliphatic rings. The minimum absolute atomic E-state index is 0.533. The first-order chi connectivity index (χ1) is 9.41. The van der Waals surface area contributed by atoms with Crippen molar-refractivity contribution in [3.63, 3.8) is 0 Å². The molecule has 0 aliphatic carbocycles. The molecule has 0 bridgehead atoms. The Morgan fingerprint density at radius 2 is 1.05 bits per heavy atom. The topological polar surface area (TPSA) is 35.6 Å². The molecule has 0 aliphatic heterocycles. The molecule has 2 aromatic heterocycles. The summed E-state index contributed by atoms with van der Waals surface area (Å²) in [6.07, 6.45) is 0. The summed E-state index contributed by atoms with van der Waals surface area (Å²) >= 11 is 20.3. The van der Waals surface area contributed by atoms with E-state index in [1.54, 1.807) is 0 Å². The predicted octanol–water partition coefficient (Wildman–Crippen LogP) is 5.36. The standard InChI is InChI=1S/C10H4Br6N4/c11-5-7(13)19(9(15)17-5)3-1-2-4-20-8(14)6(12)18-10(20)16/h3-4H2. The first kappa shape index (κ1) is 17.2. The fourth-order valence-corrected chi connectivity index (χ4v) is 4.74. The van der Waals surface area contributed by atoms with Gasteiger partial charge in [0.2, 0.25) is 0 Å². The highest BCUT2D eigenvalue weighted by Gasteiger charge is 2.10. The highest BCUT2D eigenvalue weighted by molar-refractivity contribution is 9.13. The third-order valence-electron chi connectivity index (χ3n) is 2.24. The third kappa shape index (κ3) is 3.79. The lowest BCUT2D eigenvalue weighted by molar-refractivity contribution is 0.778. The maximum atomic E-state index is 4.22. The Labute approximate surface area is 165 Å². The van der Waals surface area contributed by atoms with Gasteiger partial charge in [-0.1, -0.05) is 11.8 Å². The van der Waals surface area contributed by atoms with Crippen molar-refractivity contribution in [2.24, 2.45) is 0 Å². The maximum absolute atomic E-state index is 4.22. The molecule has 0 atom stereocenters. The van der Waals surface area contributed by atoms with Crippen LogP contribution in [0.3, 0.4) is 0 Å². The normalized spacial score (nSPS) is 10.5. The third-order valence-corrected chi connectivity index (χ3v) is 7.23. The van der Waals surface area contributed by atoms with Gasteiger partial charge < -0.3 is 9.13 Å². The summed E-state index contributed by atoms with van der Waals surface area (Å²) in [4.78, 5) is 8.45. The van der Waals surface area contributed by atoms with Crippen molar-refractivity contribution in [2.75, 3.05) is 0 Å². The van der Waals surface area contributed by atoms with E-state index in [-0.39, 0.29) is 0 Å². The average molecular weight is 660 g/mol. The van der Waals surface area contributed by atoms with Crippen LogP contribution in [0.5, 0.6) is 0 Å². The van der Waals surface area contributed by atoms with Crippen molar-refractivity contribution in [3.8, 4) is 11.8 Å². The van der Waals surface area contributed by atoms with Crippen LogP contribution in [0.15, 0.2) is 27.9 Å². The quantitative estimate of drug-likeness (QED) is 0.408. The second-order valence-electron chi connectivity index (χ2n) is 3.45. The van der Waals surface area contributed by atoms with Gasteiger partial charge in [0.25, 0.3) is 0 Å². The summed E-state index contributed by atoms with van der Waals surface area (Å²) in [5.74, 6) is 6.19. The van der Waals surface area contributed by atoms with Gasteiger partial charge in [0.15, 0.2) is 9.47 Å². The molecule has 2 rings (SSSR count). The van der Waals surface area contributed by atoms with E-state index in [2.05, 4.69) is 117 Å². The van der Waals surface area contributed by atoms with Crippen LogP contribution in [-0.4, -0.2) is 19.1 Å². The average Bonchev–Trinajstić information content (AvgIpc) is 2.76. The summed E-state index contributed by atoms with van der Waals surface area (Å²) in [6.45, 7) is 1.07. The Morgan fingerprint density at radius 1 is 0.700 bits per heavy atom. The van der Waals surface area contributed by atoms with Gasteiger partial charge in [-0.25, -0.2) is 9.97 Å². The highest BCUT2D eigenvalue weighted by Crippen LogP contribution is 2.27. The zero-order valence-corrected chi connectivity index (χ0v) is 19.0. The van der Waals surface area contributed by atoms with E-state index in [1.807, 2.05) is 9.13 Å². The molecule has 2 aromatic rings. The number of hydrogen-bond acceptors (Lipinski definition) is 2. The van der Waals surface area contributed by atoms with Gasteiger partial charge in [0.05, 0.1) is 13.1 Å². The molecule has 0 N–H and O–H groups in total. The molecule has 10 heteroatoms. The number of imidazole rings is 2. The van der Waals surface area contributed by atoms with Gasteiger partial charge in [-0.2, -0.15) is 0 Å². The molecule has 106 valence electrons. The Morgan fingerprint density at radius 3 is 1.30 bits per heavy atom. The lowest BCUT2D eigenvalue weighted by Gasteiger charge is -2.00. The molecular weight excluding hydrogens is 656 g/mol. The molecule has 4 nitrogen and oxygen atoms in total. The molecule has 2 heterocycles. The molecule has 0 saturated heterocycles. The Balaban J connectivity index is 2.09. The molecule has 0 fully saturated rings. The van der Waals surface area contributed by atoms with E-state index in [9.17, 15) is 0 Å². The lowest BCUT2D eigenvalue weighted by Crippen LogP contribution is -1.99. The highest BCUT2D eigenvalue weighted by atomic mass is 79.9.